The van der Waals surface area contributed by atoms with Crippen LogP contribution in [0.5, 0.6) is 0 Å². The molecule has 0 bridgehead atoms. The molecule has 1 amide bonds. The number of aromatic nitrogens is 4. The van der Waals surface area contributed by atoms with E-state index in [4.69, 9.17) is 24.1 Å². The summed E-state index contributed by atoms with van der Waals surface area (Å²) in [5.41, 5.74) is 7.01. The molecule has 0 radical (unpaired) electrons. The lowest BCUT2D eigenvalue weighted by Crippen LogP contribution is -2.65. The number of nitrogens with zero attached hydrogens (tertiary/aromatic N) is 4. The van der Waals surface area contributed by atoms with E-state index in [0.29, 0.717) is 17.8 Å². The van der Waals surface area contributed by atoms with Crippen LogP contribution in [-0.2, 0) is 23.1 Å². The number of nitrogens with one attached hydrogen (secondary N) is 1. The van der Waals surface area contributed by atoms with Gasteiger partial charge in [-0.1, -0.05) is 55.4 Å². The van der Waals surface area contributed by atoms with Gasteiger partial charge in [-0.25, -0.2) is 4.98 Å². The van der Waals surface area contributed by atoms with Crippen molar-refractivity contribution in [2.45, 2.75) is 90.0 Å². The van der Waals surface area contributed by atoms with E-state index in [-0.39, 0.29) is 45.9 Å². The fourth-order valence-corrected chi connectivity index (χ4v) is 10.2. The number of hydrogen-bond acceptors (Lipinski definition) is 9. The number of nitrogen functional groups attached to an aromatic ring is 1. The van der Waals surface area contributed by atoms with Gasteiger partial charge in [0.25, 0.3) is 0 Å². The molecule has 35 heavy (non-hydrogen) atoms. The Bertz CT molecular complexity index is 1090. The number of hydrogen-bond donors (Lipinski definition) is 2. The van der Waals surface area contributed by atoms with Crippen molar-refractivity contribution in [2.24, 2.45) is 5.92 Å². The summed E-state index contributed by atoms with van der Waals surface area (Å²) >= 11 is 0. The van der Waals surface area contributed by atoms with Crippen LogP contribution in [0.1, 0.15) is 61.6 Å². The molecule has 2 fully saturated rings. The van der Waals surface area contributed by atoms with Gasteiger partial charge in [0, 0.05) is 23.1 Å². The minimum Gasteiger partial charge on any atom is -0.391 e. The highest BCUT2D eigenvalue weighted by molar-refractivity contribution is 6.73. The quantitative estimate of drug-likeness (QED) is 0.598. The third-order valence-corrected chi connectivity index (χ3v) is 11.9. The van der Waals surface area contributed by atoms with Gasteiger partial charge in [-0.05, 0) is 0 Å². The van der Waals surface area contributed by atoms with Gasteiger partial charge >= 0.3 is 8.56 Å². The normalized spacial score (nSPS) is 26.8. The van der Waals surface area contributed by atoms with Crippen molar-refractivity contribution in [3.05, 3.63) is 6.33 Å². The molecular weight excluding hydrogens is 468 g/mol. The number of ether oxygens (including phenoxy) is 2. The van der Waals surface area contributed by atoms with Gasteiger partial charge in [0.2, 0.25) is 11.9 Å². The van der Waals surface area contributed by atoms with Crippen LogP contribution in [-0.4, -0.2) is 66.0 Å². The van der Waals surface area contributed by atoms with Crippen molar-refractivity contribution < 1.29 is 23.1 Å². The maximum Gasteiger partial charge on any atom is 0.349 e. The van der Waals surface area contributed by atoms with E-state index in [0.717, 1.165) is 0 Å². The number of carbonyl (C=O) groups excluding carboxylic acids is 1. The van der Waals surface area contributed by atoms with Crippen molar-refractivity contribution in [2.75, 3.05) is 24.8 Å². The third-order valence-electron chi connectivity index (χ3n) is 6.77. The van der Waals surface area contributed by atoms with Gasteiger partial charge in [-0.2, -0.15) is 9.97 Å². The second-order valence-electron chi connectivity index (χ2n) is 11.7. The molecule has 4 atom stereocenters. The zero-order valence-electron chi connectivity index (χ0n) is 22.1. The van der Waals surface area contributed by atoms with Crippen LogP contribution in [0.4, 0.5) is 11.8 Å². The zero-order chi connectivity index (χ0) is 25.9. The van der Waals surface area contributed by atoms with Gasteiger partial charge in [0.05, 0.1) is 12.9 Å². The number of methoxy groups -OCH3 is 1. The zero-order valence-corrected chi connectivity index (χ0v) is 23.1. The van der Waals surface area contributed by atoms with Crippen LogP contribution in [0.15, 0.2) is 6.33 Å². The molecule has 2 aromatic heterocycles. The standard InChI is InChI=1S/C23H38N6O5Si/c1-12(2)19(30)28-21-26-17(24)14-18(27-21)29(11-25-14)20-16(31-9)15-13(33-20)10-32-35(34-15,22(3,4)5)23(6,7)8/h11-13,15-16,20H,10H2,1-9H3,(H3,24,26,27,28,30)/t13-,15-,16-,20-/m1/s1. The maximum absolute atomic E-state index is 12.2. The lowest BCUT2D eigenvalue weighted by molar-refractivity contribution is -0.118. The predicted molar refractivity (Wildman–Crippen MR) is 134 cm³/mol. The van der Waals surface area contributed by atoms with Crippen LogP contribution in [0.25, 0.3) is 11.2 Å². The van der Waals surface area contributed by atoms with Gasteiger partial charge in [0.1, 0.15) is 23.8 Å². The predicted octanol–water partition coefficient (Wildman–Crippen LogP) is 3.37. The molecule has 2 aromatic rings. The van der Waals surface area contributed by atoms with Crippen LogP contribution < -0.4 is 11.1 Å². The Morgan fingerprint density at radius 2 is 1.89 bits per heavy atom. The minimum absolute atomic E-state index is 0.117. The number of nitrogens with two attached hydrogens (primary N) is 1. The molecule has 4 rings (SSSR count). The first-order chi connectivity index (χ1) is 16.2. The van der Waals surface area contributed by atoms with Crippen LogP contribution >= 0.6 is 0 Å². The summed E-state index contributed by atoms with van der Waals surface area (Å²) < 4.78 is 27.6. The highest BCUT2D eigenvalue weighted by Crippen LogP contribution is 2.56. The summed E-state index contributed by atoms with van der Waals surface area (Å²) in [5, 5.41) is 2.37. The molecule has 2 aliphatic rings. The highest BCUT2D eigenvalue weighted by atomic mass is 28.4. The monoisotopic (exact) mass is 506 g/mol. The van der Waals surface area contributed by atoms with Crippen LogP contribution in [0, 0.1) is 5.92 Å². The minimum atomic E-state index is -2.72. The van der Waals surface area contributed by atoms with Crippen molar-refractivity contribution in [1.29, 1.82) is 0 Å². The van der Waals surface area contributed by atoms with Gasteiger partial charge in [-0.15, -0.1) is 0 Å². The smallest absolute Gasteiger partial charge is 0.349 e. The SMILES string of the molecule is CO[C@@H]1[C@@H]2O[Si](C(C)(C)C)(C(C)(C)C)OC[C@H]2O[C@H]1n1cnc2c(N)nc(NC(=O)C(C)C)nc21. The summed E-state index contributed by atoms with van der Waals surface area (Å²) in [7, 11) is -1.07. The van der Waals surface area contributed by atoms with Gasteiger partial charge in [0.15, 0.2) is 17.7 Å². The first-order valence-corrected chi connectivity index (χ1v) is 13.8. The molecule has 2 saturated heterocycles. The molecular formula is C23H38N6O5Si. The van der Waals surface area contributed by atoms with Crippen molar-refractivity contribution in [3.63, 3.8) is 0 Å². The first kappa shape index (κ1) is 26.0. The van der Waals surface area contributed by atoms with Crippen molar-refractivity contribution in [1.82, 2.24) is 19.5 Å². The van der Waals surface area contributed by atoms with Crippen molar-refractivity contribution >= 4 is 37.4 Å². The Kier molecular flexibility index (Phi) is 6.50. The maximum atomic E-state index is 12.2. The van der Waals surface area contributed by atoms with E-state index in [9.17, 15) is 4.79 Å². The third kappa shape index (κ3) is 4.24. The number of fused-ring (bicyclic) bond motifs is 2. The second kappa shape index (κ2) is 8.77. The molecule has 2 aliphatic heterocycles. The number of amides is 1. The molecule has 0 unspecified atom stereocenters. The lowest BCUT2D eigenvalue weighted by atomic mass is 10.1. The lowest BCUT2D eigenvalue weighted by Gasteiger charge is -2.53. The van der Waals surface area contributed by atoms with Crippen molar-refractivity contribution in [3.8, 4) is 0 Å². The number of carbonyl (C=O) groups is 1. The van der Waals surface area contributed by atoms with E-state index in [1.807, 2.05) is 0 Å². The fourth-order valence-electron chi connectivity index (χ4n) is 5.23. The summed E-state index contributed by atoms with van der Waals surface area (Å²) in [5.74, 6) is -0.148. The number of imidazole rings is 1. The van der Waals surface area contributed by atoms with E-state index in [1.165, 1.54) is 0 Å². The van der Waals surface area contributed by atoms with Gasteiger partial charge in [-0.3, -0.25) is 14.7 Å². The Morgan fingerprint density at radius 3 is 2.46 bits per heavy atom. The summed E-state index contributed by atoms with van der Waals surface area (Å²) in [4.78, 5) is 25.3. The second-order valence-corrected chi connectivity index (χ2v) is 16.4. The molecule has 12 heteroatoms. The largest absolute Gasteiger partial charge is 0.391 e. The van der Waals surface area contributed by atoms with Crippen LogP contribution in [0.2, 0.25) is 10.1 Å². The molecule has 194 valence electrons. The Hall–Kier alpha value is -2.12. The topological polar surface area (TPSA) is 136 Å². The van der Waals surface area contributed by atoms with E-state index < -0.39 is 20.9 Å². The van der Waals surface area contributed by atoms with E-state index in [1.54, 1.807) is 31.9 Å². The molecule has 11 nitrogen and oxygen atoms in total. The first-order valence-electron chi connectivity index (χ1n) is 12.0. The Labute approximate surface area is 207 Å². The van der Waals surface area contributed by atoms with E-state index in [2.05, 4.69) is 61.8 Å². The number of rotatable bonds is 4. The Morgan fingerprint density at radius 1 is 1.23 bits per heavy atom. The average molecular weight is 507 g/mol. The summed E-state index contributed by atoms with van der Waals surface area (Å²) in [6.45, 7) is 17.1. The Balaban J connectivity index is 1.71. The van der Waals surface area contributed by atoms with Gasteiger partial charge < -0.3 is 24.1 Å². The van der Waals surface area contributed by atoms with E-state index >= 15 is 0 Å². The molecule has 0 spiro atoms. The molecule has 0 aromatic carbocycles. The molecule has 4 heterocycles. The summed E-state index contributed by atoms with van der Waals surface area (Å²) in [6.07, 6.45) is -0.0247. The summed E-state index contributed by atoms with van der Waals surface area (Å²) in [6, 6.07) is 0. The van der Waals surface area contributed by atoms with Crippen LogP contribution in [0.3, 0.4) is 0 Å². The molecule has 0 saturated carbocycles. The fraction of sp³-hybridized carbons (Fsp3) is 0.739. The average Bonchev–Trinajstić information content (AvgIpc) is 3.32. The number of anilines is 2. The molecule has 0 aliphatic carbocycles. The highest BCUT2D eigenvalue weighted by Gasteiger charge is 2.65. The molecule has 3 N–H and O–H groups in total.